The molecule has 0 aliphatic carbocycles. The van der Waals surface area contributed by atoms with Crippen molar-refractivity contribution < 1.29 is 27.5 Å². The van der Waals surface area contributed by atoms with E-state index in [9.17, 15) is 18.0 Å². The van der Waals surface area contributed by atoms with Gasteiger partial charge in [-0.25, -0.2) is 8.42 Å². The zero-order valence-electron chi connectivity index (χ0n) is 28.3. The summed E-state index contributed by atoms with van der Waals surface area (Å²) in [5, 5.41) is 3.05. The summed E-state index contributed by atoms with van der Waals surface area (Å²) in [4.78, 5) is 30.2. The molecule has 0 spiro atoms. The van der Waals surface area contributed by atoms with Gasteiger partial charge in [-0.15, -0.1) is 0 Å². The molecule has 254 valence electrons. The van der Waals surface area contributed by atoms with Crippen LogP contribution in [0.2, 0.25) is 0 Å². The van der Waals surface area contributed by atoms with Crippen molar-refractivity contribution >= 4 is 27.5 Å². The van der Waals surface area contributed by atoms with Gasteiger partial charge in [0.05, 0.1) is 24.3 Å². The highest BCUT2D eigenvalue weighted by Gasteiger charge is 2.35. The molecule has 0 radical (unpaired) electrons. The minimum atomic E-state index is -4.21. The Morgan fingerprint density at radius 3 is 2.12 bits per heavy atom. The summed E-state index contributed by atoms with van der Waals surface area (Å²) < 4.78 is 40.6. The summed E-state index contributed by atoms with van der Waals surface area (Å²) in [6, 6.07) is 28.8. The van der Waals surface area contributed by atoms with E-state index in [0.29, 0.717) is 24.5 Å². The highest BCUT2D eigenvalue weighted by Crippen LogP contribution is 2.27. The van der Waals surface area contributed by atoms with Crippen molar-refractivity contribution in [3.63, 3.8) is 0 Å². The molecule has 0 saturated heterocycles. The smallest absolute Gasteiger partial charge is 0.264 e. The predicted molar refractivity (Wildman–Crippen MR) is 189 cm³/mol. The second-order valence-corrected chi connectivity index (χ2v) is 13.5. The van der Waals surface area contributed by atoms with Crippen LogP contribution in [-0.2, 0) is 32.6 Å². The van der Waals surface area contributed by atoms with Gasteiger partial charge in [-0.05, 0) is 86.8 Å². The number of carbonyl (C=O) groups excluding carboxylic acids is 2. The van der Waals surface area contributed by atoms with Crippen LogP contribution in [0.4, 0.5) is 5.69 Å². The minimum absolute atomic E-state index is 0.0448. The van der Waals surface area contributed by atoms with Gasteiger partial charge in [0.2, 0.25) is 11.8 Å². The number of amides is 2. The van der Waals surface area contributed by atoms with Gasteiger partial charge in [0.25, 0.3) is 10.0 Å². The quantitative estimate of drug-likeness (QED) is 0.153. The molecule has 2 atom stereocenters. The lowest BCUT2D eigenvalue weighted by molar-refractivity contribution is -0.140. The molecule has 0 bridgehead atoms. The number of rotatable bonds is 16. The molecule has 4 aromatic rings. The Kier molecular flexibility index (Phi) is 12.6. The number of anilines is 1. The van der Waals surface area contributed by atoms with E-state index in [-0.39, 0.29) is 35.5 Å². The molecule has 48 heavy (non-hydrogen) atoms. The first-order chi connectivity index (χ1) is 23.0. The van der Waals surface area contributed by atoms with Gasteiger partial charge >= 0.3 is 0 Å². The van der Waals surface area contributed by atoms with E-state index in [1.165, 1.54) is 17.0 Å². The number of hydrogen-bond donors (Lipinski definition) is 1. The van der Waals surface area contributed by atoms with Crippen LogP contribution in [0.3, 0.4) is 0 Å². The maximum absolute atomic E-state index is 14.7. The Balaban J connectivity index is 1.82. The highest BCUT2D eigenvalue weighted by atomic mass is 32.2. The van der Waals surface area contributed by atoms with Crippen molar-refractivity contribution in [1.29, 1.82) is 0 Å². The lowest BCUT2D eigenvalue weighted by Gasteiger charge is -2.34. The van der Waals surface area contributed by atoms with Crippen molar-refractivity contribution in [2.45, 2.75) is 64.1 Å². The van der Waals surface area contributed by atoms with Crippen molar-refractivity contribution in [2.75, 3.05) is 24.6 Å². The zero-order chi connectivity index (χ0) is 34.7. The van der Waals surface area contributed by atoms with E-state index in [2.05, 4.69) is 5.32 Å². The first kappa shape index (κ1) is 36.0. The van der Waals surface area contributed by atoms with E-state index in [0.717, 1.165) is 21.0 Å². The van der Waals surface area contributed by atoms with E-state index < -0.39 is 28.5 Å². The number of methoxy groups -OCH3 is 1. The summed E-state index contributed by atoms with van der Waals surface area (Å²) in [5.74, 6) is 0.312. The lowest BCUT2D eigenvalue weighted by atomic mass is 10.0. The molecule has 0 saturated carbocycles. The fourth-order valence-corrected chi connectivity index (χ4v) is 6.62. The van der Waals surface area contributed by atoms with E-state index >= 15 is 0 Å². The molecule has 4 aromatic carbocycles. The highest BCUT2D eigenvalue weighted by molar-refractivity contribution is 7.92. The van der Waals surface area contributed by atoms with Gasteiger partial charge in [0.1, 0.15) is 24.1 Å². The molecule has 9 nitrogen and oxygen atoms in total. The SMILES string of the molecule is CCOc1ccc(N(CC(=O)N(Cc2cccc(OC)c2)[C@@H](Cc2ccccc2)C(=O)N[C@@H](C)CC)S(=O)(=O)c2ccc(C)cc2)cc1. The Labute approximate surface area is 284 Å². The molecule has 0 aliphatic heterocycles. The summed E-state index contributed by atoms with van der Waals surface area (Å²) in [5.41, 5.74) is 2.78. The third kappa shape index (κ3) is 9.38. The fourth-order valence-electron chi connectivity index (χ4n) is 5.20. The molecule has 1 N–H and O–H groups in total. The number of carbonyl (C=O) groups is 2. The van der Waals surface area contributed by atoms with Crippen LogP contribution >= 0.6 is 0 Å². The summed E-state index contributed by atoms with van der Waals surface area (Å²) in [6.07, 6.45) is 0.931. The minimum Gasteiger partial charge on any atom is -0.497 e. The van der Waals surface area contributed by atoms with Crippen LogP contribution in [0.25, 0.3) is 0 Å². The average molecular weight is 672 g/mol. The van der Waals surface area contributed by atoms with Gasteiger partial charge in [-0.3, -0.25) is 13.9 Å². The van der Waals surface area contributed by atoms with Crippen molar-refractivity contribution in [1.82, 2.24) is 10.2 Å². The van der Waals surface area contributed by atoms with E-state index in [1.807, 2.05) is 70.2 Å². The number of ether oxygens (including phenoxy) is 2. The Morgan fingerprint density at radius 2 is 1.50 bits per heavy atom. The van der Waals surface area contributed by atoms with Crippen molar-refractivity contribution in [3.8, 4) is 11.5 Å². The van der Waals surface area contributed by atoms with Crippen LogP contribution in [0, 0.1) is 6.92 Å². The lowest BCUT2D eigenvalue weighted by Crippen LogP contribution is -2.54. The predicted octanol–water partition coefficient (Wildman–Crippen LogP) is 6.15. The number of benzene rings is 4. The third-order valence-corrected chi connectivity index (χ3v) is 9.87. The van der Waals surface area contributed by atoms with Crippen molar-refractivity contribution in [2.24, 2.45) is 0 Å². The molecule has 10 heteroatoms. The van der Waals surface area contributed by atoms with Gasteiger partial charge in [0, 0.05) is 19.0 Å². The molecule has 0 unspecified atom stereocenters. The second kappa shape index (κ2) is 16.8. The monoisotopic (exact) mass is 671 g/mol. The molecule has 0 aliphatic rings. The number of nitrogens with one attached hydrogen (secondary N) is 1. The van der Waals surface area contributed by atoms with Gasteiger partial charge in [-0.2, -0.15) is 0 Å². The number of aryl methyl sites for hydroxylation is 1. The molecule has 0 fully saturated rings. The average Bonchev–Trinajstić information content (AvgIpc) is 3.09. The normalized spacial score (nSPS) is 12.4. The van der Waals surface area contributed by atoms with E-state index in [1.54, 1.807) is 55.6 Å². The number of nitrogens with zero attached hydrogens (tertiary/aromatic N) is 2. The maximum atomic E-state index is 14.7. The van der Waals surface area contributed by atoms with Crippen LogP contribution in [0.15, 0.2) is 108 Å². The first-order valence-electron chi connectivity index (χ1n) is 16.1. The largest absolute Gasteiger partial charge is 0.497 e. The topological polar surface area (TPSA) is 105 Å². The second-order valence-electron chi connectivity index (χ2n) is 11.6. The molecule has 4 rings (SSSR count). The van der Waals surface area contributed by atoms with Gasteiger partial charge < -0.3 is 19.7 Å². The molecular formula is C38H45N3O6S. The molecule has 0 heterocycles. The Hall–Kier alpha value is -4.83. The third-order valence-electron chi connectivity index (χ3n) is 8.08. The van der Waals surface area contributed by atoms with Crippen LogP contribution in [0.1, 0.15) is 43.9 Å². The molecule has 2 amide bonds. The first-order valence-corrected chi connectivity index (χ1v) is 17.6. The summed E-state index contributed by atoms with van der Waals surface area (Å²) in [7, 11) is -2.65. The Morgan fingerprint density at radius 1 is 0.833 bits per heavy atom. The number of hydrogen-bond acceptors (Lipinski definition) is 6. The van der Waals surface area contributed by atoms with Crippen LogP contribution in [0.5, 0.6) is 11.5 Å². The summed E-state index contributed by atoms with van der Waals surface area (Å²) in [6.45, 7) is 7.57. The number of sulfonamides is 1. The van der Waals surface area contributed by atoms with E-state index in [4.69, 9.17) is 9.47 Å². The van der Waals surface area contributed by atoms with Gasteiger partial charge in [-0.1, -0.05) is 67.1 Å². The standard InChI is InChI=1S/C38H45N3O6S/c1-6-29(4)39-38(43)36(25-30-12-9-8-10-13-30)40(26-31-14-11-15-34(24-31)46-5)37(42)27-41(32-18-20-33(21-19-32)47-7-2)48(44,45)35-22-16-28(3)17-23-35/h8-24,29,36H,6-7,25-27H2,1-5H3,(H,39,43)/t29-,36-/m0/s1. The van der Waals surface area contributed by atoms with Gasteiger partial charge in [0.15, 0.2) is 0 Å². The Bertz CT molecular complexity index is 1750. The molecular weight excluding hydrogens is 627 g/mol. The molecule has 0 aromatic heterocycles. The maximum Gasteiger partial charge on any atom is 0.264 e. The van der Waals surface area contributed by atoms with Crippen LogP contribution in [-0.4, -0.2) is 57.5 Å². The fraction of sp³-hybridized carbons (Fsp3) is 0.316. The van der Waals surface area contributed by atoms with Crippen LogP contribution < -0.4 is 19.1 Å². The van der Waals surface area contributed by atoms with Crippen molar-refractivity contribution in [3.05, 3.63) is 120 Å². The summed E-state index contributed by atoms with van der Waals surface area (Å²) >= 11 is 0. The zero-order valence-corrected chi connectivity index (χ0v) is 29.1.